The van der Waals surface area contributed by atoms with Gasteiger partial charge < -0.3 is 5.32 Å². The first-order chi connectivity index (χ1) is 11.9. The van der Waals surface area contributed by atoms with Crippen molar-refractivity contribution in [3.8, 4) is 0 Å². The smallest absolute Gasteiger partial charge is 0.251 e. The number of benzene rings is 1. The lowest BCUT2D eigenvalue weighted by molar-refractivity contribution is 0.0938. The van der Waals surface area contributed by atoms with Crippen LogP contribution in [0.15, 0.2) is 29.2 Å². The van der Waals surface area contributed by atoms with Crippen LogP contribution in [0.4, 0.5) is 0 Å². The minimum absolute atomic E-state index is 0.177. The predicted octanol–water partition coefficient (Wildman–Crippen LogP) is 1.93. The van der Waals surface area contributed by atoms with E-state index in [0.29, 0.717) is 25.2 Å². The van der Waals surface area contributed by atoms with Gasteiger partial charge >= 0.3 is 0 Å². The lowest BCUT2D eigenvalue weighted by Crippen LogP contribution is -2.42. The van der Waals surface area contributed by atoms with Crippen LogP contribution in [0.5, 0.6) is 0 Å². The Morgan fingerprint density at radius 3 is 2.24 bits per heavy atom. The lowest BCUT2D eigenvalue weighted by Gasteiger charge is -2.26. The minimum atomic E-state index is -3.43. The van der Waals surface area contributed by atoms with Gasteiger partial charge in [0.1, 0.15) is 0 Å². The summed E-state index contributed by atoms with van der Waals surface area (Å²) in [5.74, 6) is -0.177. The summed E-state index contributed by atoms with van der Waals surface area (Å²) in [5, 5.41) is 2.92. The molecule has 2 rings (SSSR count). The largest absolute Gasteiger partial charge is 0.350 e. The van der Waals surface area contributed by atoms with Crippen molar-refractivity contribution in [1.29, 1.82) is 0 Å². The predicted molar refractivity (Wildman–Crippen MR) is 99.2 cm³/mol. The molecule has 25 heavy (non-hydrogen) atoms. The van der Waals surface area contributed by atoms with Gasteiger partial charge in [-0.1, -0.05) is 13.8 Å². The van der Waals surface area contributed by atoms with Gasteiger partial charge in [-0.2, -0.15) is 4.31 Å². The van der Waals surface area contributed by atoms with Crippen LogP contribution in [-0.4, -0.2) is 62.3 Å². The summed E-state index contributed by atoms with van der Waals surface area (Å²) in [4.78, 5) is 14.8. The molecule has 1 atom stereocenters. The normalized spacial score (nSPS) is 17.0. The fourth-order valence-electron chi connectivity index (χ4n) is 3.17. The number of hydrogen-bond acceptors (Lipinski definition) is 4. The highest BCUT2D eigenvalue weighted by Crippen LogP contribution is 2.21. The third-order valence-electron chi connectivity index (χ3n) is 4.81. The maximum Gasteiger partial charge on any atom is 0.251 e. The molecule has 140 valence electrons. The molecule has 1 N–H and O–H groups in total. The third-order valence-corrected chi connectivity index (χ3v) is 6.73. The second-order valence-electron chi connectivity index (χ2n) is 6.42. The summed E-state index contributed by atoms with van der Waals surface area (Å²) in [6.45, 7) is 9.88. The molecule has 0 aliphatic carbocycles. The quantitative estimate of drug-likeness (QED) is 0.762. The van der Waals surface area contributed by atoms with Crippen LogP contribution in [-0.2, 0) is 10.0 Å². The number of carbonyl (C=O) groups is 1. The van der Waals surface area contributed by atoms with Crippen LogP contribution < -0.4 is 5.32 Å². The topological polar surface area (TPSA) is 69.7 Å². The van der Waals surface area contributed by atoms with Crippen molar-refractivity contribution in [2.75, 3.05) is 32.7 Å². The number of amides is 1. The van der Waals surface area contributed by atoms with Gasteiger partial charge in [0.25, 0.3) is 5.91 Å². The van der Waals surface area contributed by atoms with Crippen LogP contribution >= 0.6 is 0 Å². The summed E-state index contributed by atoms with van der Waals surface area (Å²) >= 11 is 0. The van der Waals surface area contributed by atoms with E-state index in [2.05, 4.69) is 31.0 Å². The highest BCUT2D eigenvalue weighted by molar-refractivity contribution is 7.89. The lowest BCUT2D eigenvalue weighted by atomic mass is 10.2. The molecule has 1 unspecified atom stereocenters. The second kappa shape index (κ2) is 8.78. The molecule has 1 heterocycles. The molecule has 1 aliphatic heterocycles. The number of nitrogens with one attached hydrogen (secondary N) is 1. The van der Waals surface area contributed by atoms with E-state index in [4.69, 9.17) is 0 Å². The van der Waals surface area contributed by atoms with E-state index < -0.39 is 10.0 Å². The van der Waals surface area contributed by atoms with Crippen LogP contribution in [0.25, 0.3) is 0 Å². The molecule has 1 aliphatic rings. The van der Waals surface area contributed by atoms with Crippen molar-refractivity contribution in [1.82, 2.24) is 14.5 Å². The van der Waals surface area contributed by atoms with Crippen molar-refractivity contribution < 1.29 is 13.2 Å². The van der Waals surface area contributed by atoms with Gasteiger partial charge in [-0.15, -0.1) is 0 Å². The Morgan fingerprint density at radius 1 is 1.16 bits per heavy atom. The average molecular weight is 368 g/mol. The maximum absolute atomic E-state index is 12.5. The molecular formula is C18H29N3O3S. The summed E-state index contributed by atoms with van der Waals surface area (Å²) in [6, 6.07) is 6.47. The van der Waals surface area contributed by atoms with E-state index in [9.17, 15) is 13.2 Å². The fourth-order valence-corrected chi connectivity index (χ4v) is 4.69. The summed E-state index contributed by atoms with van der Waals surface area (Å²) in [7, 11) is -3.43. The number of nitrogens with zero attached hydrogens (tertiary/aromatic N) is 2. The number of rotatable bonds is 8. The van der Waals surface area contributed by atoms with Crippen LogP contribution in [0.3, 0.4) is 0 Å². The zero-order valence-corrected chi connectivity index (χ0v) is 16.2. The highest BCUT2D eigenvalue weighted by Gasteiger charge is 2.27. The van der Waals surface area contributed by atoms with Gasteiger partial charge in [0.2, 0.25) is 10.0 Å². The van der Waals surface area contributed by atoms with E-state index in [0.717, 1.165) is 25.9 Å². The molecule has 6 nitrogen and oxygen atoms in total. The average Bonchev–Trinajstić information content (AvgIpc) is 3.16. The number of hydrogen-bond donors (Lipinski definition) is 1. The Kier molecular flexibility index (Phi) is 6.98. The molecule has 0 saturated carbocycles. The van der Waals surface area contributed by atoms with Gasteiger partial charge in [-0.05, 0) is 57.1 Å². The van der Waals surface area contributed by atoms with Crippen molar-refractivity contribution in [3.05, 3.63) is 29.8 Å². The molecule has 1 saturated heterocycles. The Labute approximate surface area is 151 Å². The molecule has 1 aromatic carbocycles. The maximum atomic E-state index is 12.5. The molecule has 0 spiro atoms. The zero-order chi connectivity index (χ0) is 18.4. The number of likely N-dealkylation sites (N-methyl/N-ethyl adjacent to an activating group) is 1. The number of sulfonamides is 1. The standard InChI is InChI=1S/C18H29N3O3S/c1-4-20(5-2)15(3)14-19-18(22)16-8-10-17(11-9-16)25(23,24)21-12-6-7-13-21/h8-11,15H,4-7,12-14H2,1-3H3,(H,19,22). The summed E-state index contributed by atoms with van der Waals surface area (Å²) in [5.41, 5.74) is 0.479. The Bertz CT molecular complexity index is 663. The Morgan fingerprint density at radius 2 is 1.72 bits per heavy atom. The van der Waals surface area contributed by atoms with Crippen molar-refractivity contribution in [2.45, 2.75) is 44.6 Å². The van der Waals surface area contributed by atoms with Gasteiger partial charge in [0, 0.05) is 31.2 Å². The molecule has 0 radical (unpaired) electrons. The first kappa shape index (κ1) is 19.9. The van der Waals surface area contributed by atoms with E-state index in [1.807, 2.05) is 0 Å². The highest BCUT2D eigenvalue weighted by atomic mass is 32.2. The monoisotopic (exact) mass is 367 g/mol. The Balaban J connectivity index is 1.98. The van der Waals surface area contributed by atoms with Crippen molar-refractivity contribution in [3.63, 3.8) is 0 Å². The molecule has 1 aromatic rings. The molecule has 0 aromatic heterocycles. The zero-order valence-electron chi connectivity index (χ0n) is 15.4. The van der Waals surface area contributed by atoms with Crippen molar-refractivity contribution in [2.24, 2.45) is 0 Å². The van der Waals surface area contributed by atoms with Gasteiger partial charge in [0.15, 0.2) is 0 Å². The van der Waals surface area contributed by atoms with E-state index in [-0.39, 0.29) is 16.8 Å². The third kappa shape index (κ3) is 4.80. The SMILES string of the molecule is CCN(CC)C(C)CNC(=O)c1ccc(S(=O)(=O)N2CCCC2)cc1. The molecular weight excluding hydrogens is 338 g/mol. The second-order valence-corrected chi connectivity index (χ2v) is 8.35. The molecule has 0 bridgehead atoms. The van der Waals surface area contributed by atoms with Crippen molar-refractivity contribution >= 4 is 15.9 Å². The summed E-state index contributed by atoms with van der Waals surface area (Å²) in [6.07, 6.45) is 1.81. The van der Waals surface area contributed by atoms with E-state index >= 15 is 0 Å². The summed E-state index contributed by atoms with van der Waals surface area (Å²) < 4.78 is 26.5. The van der Waals surface area contributed by atoms with Crippen LogP contribution in [0.1, 0.15) is 44.0 Å². The van der Waals surface area contributed by atoms with Gasteiger partial charge in [-0.3, -0.25) is 9.69 Å². The van der Waals surface area contributed by atoms with Crippen LogP contribution in [0.2, 0.25) is 0 Å². The first-order valence-corrected chi connectivity index (χ1v) is 10.5. The first-order valence-electron chi connectivity index (χ1n) is 9.02. The van der Waals surface area contributed by atoms with Gasteiger partial charge in [-0.25, -0.2) is 8.42 Å². The number of carbonyl (C=O) groups excluding carboxylic acids is 1. The molecule has 7 heteroatoms. The van der Waals surface area contributed by atoms with Gasteiger partial charge in [0.05, 0.1) is 4.90 Å². The minimum Gasteiger partial charge on any atom is -0.350 e. The van der Waals surface area contributed by atoms with E-state index in [1.54, 1.807) is 12.1 Å². The molecule has 1 amide bonds. The molecule has 1 fully saturated rings. The Hall–Kier alpha value is -1.44. The van der Waals surface area contributed by atoms with E-state index in [1.165, 1.54) is 16.4 Å². The van der Waals surface area contributed by atoms with Crippen LogP contribution in [0, 0.1) is 0 Å². The fraction of sp³-hybridized carbons (Fsp3) is 0.611.